The average molecular weight is 287 g/mol. The largest absolute Gasteiger partial charge is 0.495 e. The van der Waals surface area contributed by atoms with Gasteiger partial charge in [-0.05, 0) is 25.0 Å². The minimum absolute atomic E-state index is 0.109. The number of amides is 1. The highest BCUT2D eigenvalue weighted by Gasteiger charge is 2.30. The molecule has 1 aliphatic carbocycles. The molecule has 21 heavy (non-hydrogen) atoms. The van der Waals surface area contributed by atoms with E-state index in [0.717, 1.165) is 25.7 Å². The lowest BCUT2D eigenvalue weighted by molar-refractivity contribution is -0.117. The topological polar surface area (TPSA) is 88.1 Å². The summed E-state index contributed by atoms with van der Waals surface area (Å²) in [6.07, 6.45) is 5.48. The second kappa shape index (κ2) is 6.59. The van der Waals surface area contributed by atoms with Crippen molar-refractivity contribution < 1.29 is 9.53 Å². The van der Waals surface area contributed by atoms with Gasteiger partial charge in [-0.3, -0.25) is 4.79 Å². The molecule has 2 rings (SSSR count). The van der Waals surface area contributed by atoms with Crippen molar-refractivity contribution >= 4 is 11.6 Å². The molecule has 0 atom stereocenters. The van der Waals surface area contributed by atoms with Crippen LogP contribution in [0.1, 0.15) is 44.1 Å². The summed E-state index contributed by atoms with van der Waals surface area (Å²) in [7, 11) is 1.51. The number of ether oxygens (including phenoxy) is 1. The fourth-order valence-electron chi connectivity index (χ4n) is 2.81. The lowest BCUT2D eigenvalue weighted by atomic mass is 9.80. The van der Waals surface area contributed by atoms with Crippen LogP contribution in [0.15, 0.2) is 18.2 Å². The number of anilines is 1. The van der Waals surface area contributed by atoms with Crippen LogP contribution in [-0.2, 0) is 4.79 Å². The van der Waals surface area contributed by atoms with Gasteiger partial charge in [0.15, 0.2) is 0 Å². The van der Waals surface area contributed by atoms with E-state index >= 15 is 0 Å². The van der Waals surface area contributed by atoms with Crippen molar-refractivity contribution in [3.05, 3.63) is 23.8 Å². The Kier molecular flexibility index (Phi) is 4.81. The molecule has 1 aromatic rings. The van der Waals surface area contributed by atoms with Crippen LogP contribution >= 0.6 is 0 Å². The highest BCUT2D eigenvalue weighted by atomic mass is 16.5. The molecule has 1 aliphatic rings. The number of methoxy groups -OCH3 is 1. The van der Waals surface area contributed by atoms with Crippen molar-refractivity contribution in [2.45, 2.75) is 44.1 Å². The molecule has 0 heterocycles. The predicted octanol–water partition coefficient (Wildman–Crippen LogP) is 2.56. The number of carbonyl (C=O) groups is 1. The Morgan fingerprint density at radius 1 is 1.43 bits per heavy atom. The fourth-order valence-corrected chi connectivity index (χ4v) is 2.81. The van der Waals surface area contributed by atoms with E-state index in [9.17, 15) is 4.79 Å². The molecule has 1 saturated carbocycles. The quantitative estimate of drug-likeness (QED) is 0.890. The van der Waals surface area contributed by atoms with Crippen molar-refractivity contribution in [1.29, 1.82) is 5.26 Å². The Balaban J connectivity index is 2.04. The fraction of sp³-hybridized carbons (Fsp3) is 0.500. The zero-order chi connectivity index (χ0) is 15.3. The van der Waals surface area contributed by atoms with E-state index < -0.39 is 0 Å². The van der Waals surface area contributed by atoms with Crippen LogP contribution < -0.4 is 15.8 Å². The highest BCUT2D eigenvalue weighted by molar-refractivity contribution is 5.93. The first-order valence-corrected chi connectivity index (χ1v) is 7.23. The first kappa shape index (κ1) is 15.3. The molecule has 0 aromatic heterocycles. The van der Waals surface area contributed by atoms with Gasteiger partial charge in [0.1, 0.15) is 5.75 Å². The highest BCUT2D eigenvalue weighted by Crippen LogP contribution is 2.30. The van der Waals surface area contributed by atoms with Crippen LogP contribution in [0.5, 0.6) is 5.75 Å². The molecule has 3 N–H and O–H groups in total. The molecule has 0 saturated heterocycles. The van der Waals surface area contributed by atoms with Crippen LogP contribution in [0.25, 0.3) is 0 Å². The van der Waals surface area contributed by atoms with Crippen LogP contribution in [-0.4, -0.2) is 18.6 Å². The Morgan fingerprint density at radius 2 is 2.14 bits per heavy atom. The zero-order valence-corrected chi connectivity index (χ0v) is 12.3. The minimum Gasteiger partial charge on any atom is -0.495 e. The van der Waals surface area contributed by atoms with Crippen LogP contribution in [0.4, 0.5) is 5.69 Å². The number of nitrogens with zero attached hydrogens (tertiary/aromatic N) is 1. The molecule has 1 aromatic carbocycles. The standard InChI is InChI=1S/C16H21N3O2/c1-21-14-9-12(11-17)5-6-13(14)19-15(20)10-16(18)7-3-2-4-8-16/h5-6,9H,2-4,7-8,10,18H2,1H3,(H,19,20). The Morgan fingerprint density at radius 3 is 2.76 bits per heavy atom. The summed E-state index contributed by atoms with van der Waals surface area (Å²) in [6.45, 7) is 0. The number of nitrogens with one attached hydrogen (secondary N) is 1. The van der Waals surface area contributed by atoms with Gasteiger partial charge in [-0.2, -0.15) is 5.26 Å². The van der Waals surface area contributed by atoms with Crippen molar-refractivity contribution in [3.63, 3.8) is 0 Å². The molecular formula is C16H21N3O2. The minimum atomic E-state index is -0.387. The van der Waals surface area contributed by atoms with Gasteiger partial charge in [-0.1, -0.05) is 19.3 Å². The summed E-state index contributed by atoms with van der Waals surface area (Å²) in [5, 5.41) is 11.7. The first-order valence-electron chi connectivity index (χ1n) is 7.23. The van der Waals surface area contributed by atoms with Gasteiger partial charge in [0.2, 0.25) is 5.91 Å². The third kappa shape index (κ3) is 3.96. The zero-order valence-electron chi connectivity index (χ0n) is 12.3. The molecular weight excluding hydrogens is 266 g/mol. The molecule has 0 unspecified atom stereocenters. The summed E-state index contributed by atoms with van der Waals surface area (Å²) in [6, 6.07) is 6.98. The van der Waals surface area contributed by atoms with Gasteiger partial charge >= 0.3 is 0 Å². The van der Waals surface area contributed by atoms with E-state index in [0.29, 0.717) is 23.4 Å². The summed E-state index contributed by atoms with van der Waals surface area (Å²) < 4.78 is 5.21. The van der Waals surface area contributed by atoms with Crippen LogP contribution in [0.3, 0.4) is 0 Å². The Hall–Kier alpha value is -2.06. The van der Waals surface area contributed by atoms with Gasteiger partial charge in [0.25, 0.3) is 0 Å². The normalized spacial score (nSPS) is 16.8. The van der Waals surface area contributed by atoms with Gasteiger partial charge < -0.3 is 15.8 Å². The number of rotatable bonds is 4. The third-order valence-corrected chi connectivity index (χ3v) is 3.97. The average Bonchev–Trinajstić information content (AvgIpc) is 2.47. The lowest BCUT2D eigenvalue weighted by Gasteiger charge is -2.32. The SMILES string of the molecule is COc1cc(C#N)ccc1NC(=O)CC1(N)CCCCC1. The van der Waals surface area contributed by atoms with Crippen LogP contribution in [0, 0.1) is 11.3 Å². The molecule has 0 aliphatic heterocycles. The molecule has 1 fully saturated rings. The van der Waals surface area contributed by atoms with E-state index in [1.54, 1.807) is 18.2 Å². The van der Waals surface area contributed by atoms with Crippen molar-refractivity contribution in [2.75, 3.05) is 12.4 Å². The molecule has 1 amide bonds. The van der Waals surface area contributed by atoms with Crippen molar-refractivity contribution in [3.8, 4) is 11.8 Å². The van der Waals surface area contributed by atoms with Gasteiger partial charge in [0, 0.05) is 18.0 Å². The van der Waals surface area contributed by atoms with Gasteiger partial charge in [-0.25, -0.2) is 0 Å². The second-order valence-corrected chi connectivity index (χ2v) is 5.67. The van der Waals surface area contributed by atoms with E-state index in [2.05, 4.69) is 5.32 Å². The summed E-state index contributed by atoms with van der Waals surface area (Å²) in [5.41, 5.74) is 6.97. The maximum Gasteiger partial charge on any atom is 0.226 e. The number of nitrogens with two attached hydrogens (primary N) is 1. The summed E-state index contributed by atoms with van der Waals surface area (Å²) in [4.78, 5) is 12.2. The molecule has 5 nitrogen and oxygen atoms in total. The molecule has 112 valence electrons. The van der Waals surface area contributed by atoms with Gasteiger partial charge in [-0.15, -0.1) is 0 Å². The lowest BCUT2D eigenvalue weighted by Crippen LogP contribution is -2.44. The Bertz CT molecular complexity index is 557. The first-order chi connectivity index (χ1) is 10.1. The third-order valence-electron chi connectivity index (χ3n) is 3.97. The monoisotopic (exact) mass is 287 g/mol. The second-order valence-electron chi connectivity index (χ2n) is 5.67. The summed E-state index contributed by atoms with van der Waals surface area (Å²) >= 11 is 0. The summed E-state index contributed by atoms with van der Waals surface area (Å²) in [5.74, 6) is 0.375. The van der Waals surface area contributed by atoms with E-state index in [4.69, 9.17) is 15.7 Å². The van der Waals surface area contributed by atoms with E-state index in [-0.39, 0.29) is 11.4 Å². The molecule has 5 heteroatoms. The number of carbonyl (C=O) groups excluding carboxylic acids is 1. The number of hydrogen-bond donors (Lipinski definition) is 2. The maximum atomic E-state index is 12.2. The van der Waals surface area contributed by atoms with Crippen molar-refractivity contribution in [1.82, 2.24) is 0 Å². The number of hydrogen-bond acceptors (Lipinski definition) is 4. The van der Waals surface area contributed by atoms with E-state index in [1.807, 2.05) is 6.07 Å². The Labute approximate surface area is 125 Å². The predicted molar refractivity (Wildman–Crippen MR) is 81.0 cm³/mol. The number of nitriles is 1. The molecule has 0 radical (unpaired) electrons. The molecule has 0 spiro atoms. The van der Waals surface area contributed by atoms with Crippen LogP contribution in [0.2, 0.25) is 0 Å². The number of benzene rings is 1. The van der Waals surface area contributed by atoms with Crippen molar-refractivity contribution in [2.24, 2.45) is 5.73 Å². The van der Waals surface area contributed by atoms with Gasteiger partial charge in [0.05, 0.1) is 24.4 Å². The smallest absolute Gasteiger partial charge is 0.226 e. The van der Waals surface area contributed by atoms with E-state index in [1.165, 1.54) is 13.5 Å². The maximum absolute atomic E-state index is 12.2. The molecule has 0 bridgehead atoms.